The second-order valence-electron chi connectivity index (χ2n) is 8.09. The van der Waals surface area contributed by atoms with Crippen LogP contribution >= 0.6 is 0 Å². The topological polar surface area (TPSA) is 98.3 Å². The average Bonchev–Trinajstić information content (AvgIpc) is 2.84. The zero-order valence-corrected chi connectivity index (χ0v) is 18.7. The molecule has 168 valence electrons. The summed E-state index contributed by atoms with van der Waals surface area (Å²) in [5, 5.41) is 15.7. The van der Waals surface area contributed by atoms with Gasteiger partial charge in [0.2, 0.25) is 0 Å². The Kier molecular flexibility index (Phi) is 6.92. The van der Waals surface area contributed by atoms with Gasteiger partial charge >= 0.3 is 0 Å². The van der Waals surface area contributed by atoms with Crippen LogP contribution in [0.25, 0.3) is 22.0 Å². The number of carbonyl (C=O) groups is 1. The standard InChI is InChI=1S/C24H29N5O3/c1-15(16-8-10-32-11-9-16)27-22-20-12-17(18-4-6-19(14-31-3)26-13-18)5-7-21(20)28-29-23(22)24(30)25-2/h4-7,12-13,15-16H,8-11,14H2,1-3H3,(H,25,30)(H,27,28)/t15-/m0/s1. The van der Waals surface area contributed by atoms with E-state index in [0.29, 0.717) is 23.9 Å². The van der Waals surface area contributed by atoms with Gasteiger partial charge in [-0.05, 0) is 49.4 Å². The van der Waals surface area contributed by atoms with Gasteiger partial charge in [-0.1, -0.05) is 12.1 Å². The fourth-order valence-corrected chi connectivity index (χ4v) is 4.10. The van der Waals surface area contributed by atoms with Gasteiger partial charge in [-0.15, -0.1) is 10.2 Å². The molecular weight excluding hydrogens is 406 g/mol. The van der Waals surface area contributed by atoms with Crippen LogP contribution in [0.5, 0.6) is 0 Å². The van der Waals surface area contributed by atoms with Crippen molar-refractivity contribution < 1.29 is 14.3 Å². The summed E-state index contributed by atoms with van der Waals surface area (Å²) < 4.78 is 10.7. The molecule has 1 fully saturated rings. The second-order valence-corrected chi connectivity index (χ2v) is 8.09. The van der Waals surface area contributed by atoms with Crippen LogP contribution in [0.4, 0.5) is 5.69 Å². The van der Waals surface area contributed by atoms with Crippen molar-refractivity contribution >= 4 is 22.5 Å². The van der Waals surface area contributed by atoms with Crippen molar-refractivity contribution in [3.8, 4) is 11.1 Å². The number of aromatic nitrogens is 3. The summed E-state index contributed by atoms with van der Waals surface area (Å²) in [4.78, 5) is 17.1. The number of carbonyl (C=O) groups excluding carboxylic acids is 1. The zero-order chi connectivity index (χ0) is 22.5. The normalized spacial score (nSPS) is 15.5. The van der Waals surface area contributed by atoms with Gasteiger partial charge in [-0.2, -0.15) is 0 Å². The van der Waals surface area contributed by atoms with Crippen LogP contribution in [-0.4, -0.2) is 54.5 Å². The highest BCUT2D eigenvalue weighted by Crippen LogP contribution is 2.32. The first kappa shape index (κ1) is 22.1. The van der Waals surface area contributed by atoms with Gasteiger partial charge in [0, 0.05) is 50.6 Å². The molecule has 1 amide bonds. The van der Waals surface area contributed by atoms with Crippen molar-refractivity contribution in [2.24, 2.45) is 5.92 Å². The van der Waals surface area contributed by atoms with Crippen LogP contribution in [0.1, 0.15) is 35.9 Å². The lowest BCUT2D eigenvalue weighted by atomic mass is 9.92. The summed E-state index contributed by atoms with van der Waals surface area (Å²) in [5.74, 6) is 0.197. The molecule has 0 bridgehead atoms. The van der Waals surface area contributed by atoms with E-state index in [4.69, 9.17) is 9.47 Å². The van der Waals surface area contributed by atoms with Crippen LogP contribution in [0.2, 0.25) is 0 Å². The third kappa shape index (κ3) is 4.71. The van der Waals surface area contributed by atoms with Crippen molar-refractivity contribution in [3.05, 3.63) is 47.9 Å². The molecule has 2 aromatic heterocycles. The molecule has 2 N–H and O–H groups in total. The van der Waals surface area contributed by atoms with Gasteiger partial charge in [0.15, 0.2) is 5.69 Å². The molecule has 3 aromatic rings. The molecule has 1 aliphatic heterocycles. The van der Waals surface area contributed by atoms with E-state index < -0.39 is 0 Å². The number of pyridine rings is 1. The molecule has 1 aromatic carbocycles. The van der Waals surface area contributed by atoms with Gasteiger partial charge in [-0.3, -0.25) is 9.78 Å². The van der Waals surface area contributed by atoms with Crippen LogP contribution in [0.3, 0.4) is 0 Å². The molecular formula is C24H29N5O3. The highest BCUT2D eigenvalue weighted by molar-refractivity contribution is 6.06. The highest BCUT2D eigenvalue weighted by atomic mass is 16.5. The lowest BCUT2D eigenvalue weighted by Gasteiger charge is -2.29. The van der Waals surface area contributed by atoms with Crippen molar-refractivity contribution in [2.45, 2.75) is 32.4 Å². The Labute approximate surface area is 187 Å². The fraction of sp³-hybridized carbons (Fsp3) is 0.417. The summed E-state index contributed by atoms with van der Waals surface area (Å²) in [6.07, 6.45) is 3.82. The maximum Gasteiger partial charge on any atom is 0.273 e. The number of fused-ring (bicyclic) bond motifs is 1. The van der Waals surface area contributed by atoms with E-state index in [1.807, 2.05) is 36.5 Å². The molecule has 1 atom stereocenters. The summed E-state index contributed by atoms with van der Waals surface area (Å²) in [5.41, 5.74) is 4.58. The molecule has 32 heavy (non-hydrogen) atoms. The largest absolute Gasteiger partial charge is 0.381 e. The van der Waals surface area contributed by atoms with Gasteiger partial charge in [0.1, 0.15) is 0 Å². The molecule has 0 saturated carbocycles. The van der Waals surface area contributed by atoms with Crippen LogP contribution in [0.15, 0.2) is 36.5 Å². The van der Waals surface area contributed by atoms with Crippen LogP contribution in [0, 0.1) is 5.92 Å². The lowest BCUT2D eigenvalue weighted by molar-refractivity contribution is 0.0622. The second kappa shape index (κ2) is 10.0. The number of hydrogen-bond acceptors (Lipinski definition) is 7. The molecule has 8 heteroatoms. The first-order valence-electron chi connectivity index (χ1n) is 10.9. The summed E-state index contributed by atoms with van der Waals surface area (Å²) in [6.45, 7) is 4.16. The number of rotatable bonds is 7. The molecule has 3 heterocycles. The van der Waals surface area contributed by atoms with Crippen molar-refractivity contribution in [2.75, 3.05) is 32.7 Å². The molecule has 0 radical (unpaired) electrons. The maximum absolute atomic E-state index is 12.6. The van der Waals surface area contributed by atoms with E-state index in [0.717, 1.165) is 53.8 Å². The number of nitrogens with zero attached hydrogens (tertiary/aromatic N) is 3. The van der Waals surface area contributed by atoms with E-state index in [2.05, 4.69) is 32.7 Å². The van der Waals surface area contributed by atoms with Gasteiger partial charge in [-0.25, -0.2) is 0 Å². The third-order valence-corrected chi connectivity index (χ3v) is 6.00. The predicted octanol–water partition coefficient (Wildman–Crippen LogP) is 3.42. The third-order valence-electron chi connectivity index (χ3n) is 6.00. The van der Waals surface area contributed by atoms with Crippen molar-refractivity contribution in [1.29, 1.82) is 0 Å². The van der Waals surface area contributed by atoms with Crippen LogP contribution in [-0.2, 0) is 16.1 Å². The molecule has 1 saturated heterocycles. The van der Waals surface area contributed by atoms with E-state index in [1.54, 1.807) is 14.2 Å². The zero-order valence-electron chi connectivity index (χ0n) is 18.7. The fourth-order valence-electron chi connectivity index (χ4n) is 4.10. The van der Waals surface area contributed by atoms with E-state index >= 15 is 0 Å². The summed E-state index contributed by atoms with van der Waals surface area (Å²) in [6, 6.07) is 10.1. The maximum atomic E-state index is 12.6. The molecule has 8 nitrogen and oxygen atoms in total. The molecule has 0 aliphatic carbocycles. The Hall–Kier alpha value is -3.10. The number of nitrogens with one attached hydrogen (secondary N) is 2. The Morgan fingerprint density at radius 2 is 1.97 bits per heavy atom. The van der Waals surface area contributed by atoms with E-state index in [9.17, 15) is 4.79 Å². The van der Waals surface area contributed by atoms with Crippen molar-refractivity contribution in [3.63, 3.8) is 0 Å². The molecule has 0 unspecified atom stereocenters. The molecule has 4 rings (SSSR count). The lowest BCUT2D eigenvalue weighted by Crippen LogP contribution is -2.32. The van der Waals surface area contributed by atoms with Crippen molar-refractivity contribution in [1.82, 2.24) is 20.5 Å². The van der Waals surface area contributed by atoms with Gasteiger partial charge in [0.05, 0.1) is 23.5 Å². The Bertz CT molecular complexity index is 1080. The highest BCUT2D eigenvalue weighted by Gasteiger charge is 2.24. The summed E-state index contributed by atoms with van der Waals surface area (Å²) >= 11 is 0. The number of hydrogen-bond donors (Lipinski definition) is 2. The number of amides is 1. The Balaban J connectivity index is 1.75. The SMILES string of the molecule is CNC(=O)c1nnc2ccc(-c3ccc(COC)nc3)cc2c1N[C@@H](C)C1CCOCC1. The Morgan fingerprint density at radius 3 is 2.66 bits per heavy atom. The number of methoxy groups -OCH3 is 1. The Morgan fingerprint density at radius 1 is 1.19 bits per heavy atom. The van der Waals surface area contributed by atoms with E-state index in [1.165, 1.54) is 0 Å². The van der Waals surface area contributed by atoms with E-state index in [-0.39, 0.29) is 11.9 Å². The van der Waals surface area contributed by atoms with Gasteiger partial charge in [0.25, 0.3) is 5.91 Å². The minimum absolute atomic E-state index is 0.161. The average molecular weight is 436 g/mol. The number of ether oxygens (including phenoxy) is 2. The smallest absolute Gasteiger partial charge is 0.273 e. The number of benzene rings is 1. The van der Waals surface area contributed by atoms with Crippen LogP contribution < -0.4 is 10.6 Å². The molecule has 0 spiro atoms. The first-order chi connectivity index (χ1) is 15.6. The minimum Gasteiger partial charge on any atom is -0.381 e. The van der Waals surface area contributed by atoms with Gasteiger partial charge < -0.3 is 20.1 Å². The number of anilines is 1. The molecule has 1 aliphatic rings. The predicted molar refractivity (Wildman–Crippen MR) is 123 cm³/mol. The monoisotopic (exact) mass is 435 g/mol. The summed E-state index contributed by atoms with van der Waals surface area (Å²) in [7, 11) is 3.25. The minimum atomic E-state index is -0.267. The first-order valence-corrected chi connectivity index (χ1v) is 10.9. The quantitative estimate of drug-likeness (QED) is 0.587.